The smallest absolute Gasteiger partial charge is 0.257 e. The number of hydrogen-bond donors (Lipinski definition) is 1. The third-order valence-electron chi connectivity index (χ3n) is 2.13. The first kappa shape index (κ1) is 12.9. The summed E-state index contributed by atoms with van der Waals surface area (Å²) in [6.07, 6.45) is 0. The van der Waals surface area contributed by atoms with Crippen LogP contribution in [0.15, 0.2) is 36.4 Å². The first-order valence-electron chi connectivity index (χ1n) is 4.95. The molecular weight excluding hydrogens is 353 g/mol. The number of carbonyl (C=O) groups excluding carboxylic acids is 1. The van der Waals surface area contributed by atoms with E-state index in [2.05, 4.69) is 10.3 Å². The fourth-order valence-corrected chi connectivity index (χ4v) is 2.06. The van der Waals surface area contributed by atoms with E-state index in [1.165, 1.54) is 36.4 Å². The van der Waals surface area contributed by atoms with Gasteiger partial charge in [0.05, 0.1) is 5.56 Å². The van der Waals surface area contributed by atoms with Gasteiger partial charge in [0.25, 0.3) is 5.91 Å². The van der Waals surface area contributed by atoms with Crippen LogP contribution in [0.1, 0.15) is 10.4 Å². The van der Waals surface area contributed by atoms with Crippen LogP contribution in [0.3, 0.4) is 0 Å². The van der Waals surface area contributed by atoms with Crippen LogP contribution >= 0.6 is 22.6 Å². The van der Waals surface area contributed by atoms with E-state index in [1.807, 2.05) is 22.6 Å². The molecule has 0 spiro atoms. The number of halogens is 3. The van der Waals surface area contributed by atoms with Gasteiger partial charge < -0.3 is 5.32 Å². The number of rotatable bonds is 2. The minimum absolute atomic E-state index is 0.111. The summed E-state index contributed by atoms with van der Waals surface area (Å²) in [4.78, 5) is 15.4. The average molecular weight is 360 g/mol. The number of hydrogen-bond acceptors (Lipinski definition) is 2. The number of carbonyl (C=O) groups is 1. The Kier molecular flexibility index (Phi) is 3.85. The molecule has 1 N–H and O–H groups in total. The molecule has 0 aliphatic carbocycles. The molecule has 1 aromatic carbocycles. The number of aromatic nitrogens is 1. The molecule has 0 aliphatic rings. The number of amides is 1. The SMILES string of the molecule is O=C(Nc1cccc(F)n1)c1ccc(F)cc1I. The molecule has 1 amide bonds. The summed E-state index contributed by atoms with van der Waals surface area (Å²) >= 11 is 1.86. The molecule has 0 saturated heterocycles. The van der Waals surface area contributed by atoms with Crippen LogP contribution in [0.2, 0.25) is 0 Å². The van der Waals surface area contributed by atoms with Crippen molar-refractivity contribution in [2.45, 2.75) is 0 Å². The zero-order valence-corrected chi connectivity index (χ0v) is 11.1. The molecule has 0 saturated carbocycles. The fourth-order valence-electron chi connectivity index (χ4n) is 1.34. The van der Waals surface area contributed by atoms with Crippen LogP contribution in [-0.2, 0) is 0 Å². The lowest BCUT2D eigenvalue weighted by Gasteiger charge is -2.06. The maximum Gasteiger partial charge on any atom is 0.257 e. The van der Waals surface area contributed by atoms with Crippen molar-refractivity contribution in [3.8, 4) is 0 Å². The molecule has 18 heavy (non-hydrogen) atoms. The van der Waals surface area contributed by atoms with E-state index in [0.717, 1.165) is 0 Å². The summed E-state index contributed by atoms with van der Waals surface area (Å²) in [6.45, 7) is 0. The minimum atomic E-state index is -0.679. The minimum Gasteiger partial charge on any atom is -0.306 e. The van der Waals surface area contributed by atoms with E-state index in [0.29, 0.717) is 9.13 Å². The van der Waals surface area contributed by atoms with E-state index < -0.39 is 17.7 Å². The molecule has 6 heteroatoms. The molecule has 0 radical (unpaired) electrons. The van der Waals surface area contributed by atoms with Gasteiger partial charge in [0.1, 0.15) is 11.6 Å². The van der Waals surface area contributed by atoms with Crippen molar-refractivity contribution in [2.75, 3.05) is 5.32 Å². The summed E-state index contributed by atoms with van der Waals surface area (Å²) in [5.41, 5.74) is 0.308. The van der Waals surface area contributed by atoms with Gasteiger partial charge in [-0.25, -0.2) is 9.37 Å². The lowest BCUT2D eigenvalue weighted by Crippen LogP contribution is -2.14. The van der Waals surface area contributed by atoms with Crippen molar-refractivity contribution in [3.63, 3.8) is 0 Å². The van der Waals surface area contributed by atoms with Crippen LogP contribution in [0.5, 0.6) is 0 Å². The van der Waals surface area contributed by atoms with Crippen LogP contribution < -0.4 is 5.32 Å². The Hall–Kier alpha value is -1.57. The highest BCUT2D eigenvalue weighted by Crippen LogP contribution is 2.15. The molecule has 1 aromatic heterocycles. The molecule has 0 unspecified atom stereocenters. The van der Waals surface area contributed by atoms with Gasteiger partial charge in [-0.15, -0.1) is 0 Å². The second kappa shape index (κ2) is 5.38. The Morgan fingerprint density at radius 2 is 2.00 bits per heavy atom. The van der Waals surface area contributed by atoms with Gasteiger partial charge in [-0.3, -0.25) is 4.79 Å². The van der Waals surface area contributed by atoms with Gasteiger partial charge in [0.15, 0.2) is 0 Å². The monoisotopic (exact) mass is 360 g/mol. The molecule has 2 rings (SSSR count). The van der Waals surface area contributed by atoms with Crippen LogP contribution in [0, 0.1) is 15.3 Å². The highest BCUT2D eigenvalue weighted by Gasteiger charge is 2.11. The van der Waals surface area contributed by atoms with E-state index in [9.17, 15) is 13.6 Å². The third kappa shape index (κ3) is 3.00. The lowest BCUT2D eigenvalue weighted by atomic mass is 10.2. The third-order valence-corrected chi connectivity index (χ3v) is 3.02. The highest BCUT2D eigenvalue weighted by molar-refractivity contribution is 14.1. The molecule has 92 valence electrons. The van der Waals surface area contributed by atoms with Crippen molar-refractivity contribution >= 4 is 34.3 Å². The number of benzene rings is 1. The first-order chi connectivity index (χ1) is 8.56. The molecule has 0 bridgehead atoms. The summed E-state index contributed by atoms with van der Waals surface area (Å²) in [6, 6.07) is 7.89. The van der Waals surface area contributed by atoms with Crippen molar-refractivity contribution in [1.82, 2.24) is 4.98 Å². The molecule has 0 aliphatic heterocycles. The maximum absolute atomic E-state index is 12.9. The van der Waals surface area contributed by atoms with Crippen LogP contribution in [-0.4, -0.2) is 10.9 Å². The van der Waals surface area contributed by atoms with E-state index in [1.54, 1.807) is 0 Å². The topological polar surface area (TPSA) is 42.0 Å². The first-order valence-corrected chi connectivity index (χ1v) is 6.03. The van der Waals surface area contributed by atoms with Crippen LogP contribution in [0.25, 0.3) is 0 Å². The molecule has 3 nitrogen and oxygen atoms in total. The Labute approximate surface area is 115 Å². The van der Waals surface area contributed by atoms with Gasteiger partial charge in [0.2, 0.25) is 5.95 Å². The van der Waals surface area contributed by atoms with Gasteiger partial charge >= 0.3 is 0 Å². The standard InChI is InChI=1S/C12H7F2IN2O/c13-7-4-5-8(9(15)6-7)12(18)17-11-3-1-2-10(14)16-11/h1-6H,(H,16,17,18). The summed E-state index contributed by atoms with van der Waals surface area (Å²) in [7, 11) is 0. The predicted molar refractivity (Wildman–Crippen MR) is 71.3 cm³/mol. The Morgan fingerprint density at radius 3 is 2.67 bits per heavy atom. The average Bonchev–Trinajstić information content (AvgIpc) is 2.28. The summed E-state index contributed by atoms with van der Waals surface area (Å²) in [5, 5.41) is 2.44. The lowest BCUT2D eigenvalue weighted by molar-refractivity contribution is 0.102. The normalized spacial score (nSPS) is 10.2. The second-order valence-corrected chi connectivity index (χ2v) is 4.59. The van der Waals surface area contributed by atoms with Crippen molar-refractivity contribution in [3.05, 3.63) is 57.3 Å². The van der Waals surface area contributed by atoms with Gasteiger partial charge in [0, 0.05) is 3.57 Å². The predicted octanol–water partition coefficient (Wildman–Crippen LogP) is 3.22. The second-order valence-electron chi connectivity index (χ2n) is 3.42. The molecular formula is C12H7F2IN2O. The van der Waals surface area contributed by atoms with Gasteiger partial charge in [-0.1, -0.05) is 6.07 Å². The zero-order chi connectivity index (χ0) is 13.1. The zero-order valence-electron chi connectivity index (χ0n) is 8.95. The van der Waals surface area contributed by atoms with Crippen molar-refractivity contribution < 1.29 is 13.6 Å². The van der Waals surface area contributed by atoms with Gasteiger partial charge in [-0.2, -0.15) is 4.39 Å². The van der Waals surface area contributed by atoms with Crippen LogP contribution in [0.4, 0.5) is 14.6 Å². The van der Waals surface area contributed by atoms with E-state index >= 15 is 0 Å². The quantitative estimate of drug-likeness (QED) is 0.660. The summed E-state index contributed by atoms with van der Waals surface area (Å²) in [5.74, 6) is -1.45. The molecule has 2 aromatic rings. The molecule has 1 heterocycles. The van der Waals surface area contributed by atoms with E-state index in [-0.39, 0.29) is 5.82 Å². The highest BCUT2D eigenvalue weighted by atomic mass is 127. The molecule has 0 atom stereocenters. The summed E-state index contributed by atoms with van der Waals surface area (Å²) < 4.78 is 26.2. The van der Waals surface area contributed by atoms with Crippen molar-refractivity contribution in [1.29, 1.82) is 0 Å². The Bertz CT molecular complexity index is 604. The fraction of sp³-hybridized carbons (Fsp3) is 0. The number of pyridine rings is 1. The Balaban J connectivity index is 2.22. The maximum atomic E-state index is 12.9. The Morgan fingerprint density at radius 1 is 1.22 bits per heavy atom. The largest absolute Gasteiger partial charge is 0.306 e. The van der Waals surface area contributed by atoms with Crippen molar-refractivity contribution in [2.24, 2.45) is 0 Å². The number of nitrogens with one attached hydrogen (secondary N) is 1. The van der Waals surface area contributed by atoms with Gasteiger partial charge in [-0.05, 0) is 52.9 Å². The van der Waals surface area contributed by atoms with E-state index in [4.69, 9.17) is 0 Å². The number of anilines is 1. The molecule has 0 fully saturated rings. The number of nitrogens with zero attached hydrogens (tertiary/aromatic N) is 1.